The zero-order valence-electron chi connectivity index (χ0n) is 12.1. The van der Waals surface area contributed by atoms with Crippen LogP contribution in [-0.2, 0) is 4.79 Å². The van der Waals surface area contributed by atoms with Gasteiger partial charge in [0.2, 0.25) is 0 Å². The highest BCUT2D eigenvalue weighted by Crippen LogP contribution is 2.37. The molecule has 4 nitrogen and oxygen atoms in total. The Morgan fingerprint density at radius 3 is 2.55 bits per heavy atom. The first-order chi connectivity index (χ1) is 9.58. The number of carbonyl (C=O) groups is 1. The normalized spacial score (nSPS) is 32.2. The third-order valence-electron chi connectivity index (χ3n) is 4.91. The SMILES string of the molecule is CC1CC2CN(C)C1CN2C(C(=O)O)c1ccccc1. The molecule has 0 aliphatic carbocycles. The number of likely N-dealkylation sites (N-methyl/N-ethyl adjacent to an activating group) is 1. The van der Waals surface area contributed by atoms with Crippen molar-refractivity contribution < 1.29 is 9.90 Å². The molecule has 0 aromatic heterocycles. The van der Waals surface area contributed by atoms with Gasteiger partial charge in [-0.3, -0.25) is 9.69 Å². The lowest BCUT2D eigenvalue weighted by atomic mass is 9.81. The summed E-state index contributed by atoms with van der Waals surface area (Å²) in [5.74, 6) is -0.0840. The minimum Gasteiger partial charge on any atom is -0.480 e. The van der Waals surface area contributed by atoms with Gasteiger partial charge in [0.25, 0.3) is 0 Å². The van der Waals surface area contributed by atoms with Crippen LogP contribution in [-0.4, -0.2) is 53.1 Å². The highest BCUT2D eigenvalue weighted by atomic mass is 16.4. The van der Waals surface area contributed by atoms with Gasteiger partial charge in [-0.05, 0) is 24.9 Å². The maximum Gasteiger partial charge on any atom is 0.325 e. The van der Waals surface area contributed by atoms with E-state index in [1.54, 1.807) is 0 Å². The highest BCUT2D eigenvalue weighted by Gasteiger charge is 2.45. The van der Waals surface area contributed by atoms with E-state index < -0.39 is 12.0 Å². The largest absolute Gasteiger partial charge is 0.480 e. The topological polar surface area (TPSA) is 43.8 Å². The number of benzene rings is 1. The Labute approximate surface area is 120 Å². The van der Waals surface area contributed by atoms with Crippen molar-refractivity contribution in [2.24, 2.45) is 5.92 Å². The average molecular weight is 274 g/mol. The molecule has 1 aromatic rings. The molecule has 3 saturated heterocycles. The third kappa shape index (κ3) is 2.23. The van der Waals surface area contributed by atoms with E-state index in [4.69, 9.17) is 0 Å². The number of hydrogen-bond donors (Lipinski definition) is 1. The van der Waals surface area contributed by atoms with Gasteiger partial charge < -0.3 is 10.0 Å². The molecule has 1 aromatic carbocycles. The van der Waals surface area contributed by atoms with Crippen molar-refractivity contribution in [2.45, 2.75) is 31.5 Å². The zero-order valence-corrected chi connectivity index (χ0v) is 12.1. The molecule has 3 heterocycles. The van der Waals surface area contributed by atoms with Crippen molar-refractivity contribution in [3.8, 4) is 0 Å². The fraction of sp³-hybridized carbons (Fsp3) is 0.562. The third-order valence-corrected chi connectivity index (χ3v) is 4.91. The van der Waals surface area contributed by atoms with Crippen molar-refractivity contribution in [1.82, 2.24) is 9.80 Å². The molecule has 4 rings (SSSR count). The Balaban J connectivity index is 1.89. The van der Waals surface area contributed by atoms with Crippen LogP contribution in [0.3, 0.4) is 0 Å². The Bertz CT molecular complexity index is 479. The number of piperazine rings is 1. The van der Waals surface area contributed by atoms with Crippen LogP contribution in [0.4, 0.5) is 0 Å². The minimum absolute atomic E-state index is 0.348. The first-order valence-corrected chi connectivity index (χ1v) is 7.31. The molecular formula is C16H22N2O2. The molecule has 0 amide bonds. The number of carboxylic acid groups (broad SMARTS) is 1. The fourth-order valence-corrected chi connectivity index (χ4v) is 3.92. The van der Waals surface area contributed by atoms with Crippen molar-refractivity contribution in [3.63, 3.8) is 0 Å². The molecule has 3 aliphatic heterocycles. The molecule has 0 radical (unpaired) electrons. The summed E-state index contributed by atoms with van der Waals surface area (Å²) in [6.45, 7) is 4.11. The smallest absolute Gasteiger partial charge is 0.325 e. The summed E-state index contributed by atoms with van der Waals surface area (Å²) in [4.78, 5) is 16.4. The second-order valence-electron chi connectivity index (χ2n) is 6.22. The molecule has 4 atom stereocenters. The molecule has 0 spiro atoms. The lowest BCUT2D eigenvalue weighted by Gasteiger charge is -2.55. The average Bonchev–Trinajstić information content (AvgIpc) is 2.41. The Morgan fingerprint density at radius 1 is 1.30 bits per heavy atom. The van der Waals surface area contributed by atoms with Crippen LogP contribution >= 0.6 is 0 Å². The van der Waals surface area contributed by atoms with Crippen molar-refractivity contribution in [3.05, 3.63) is 35.9 Å². The van der Waals surface area contributed by atoms with Gasteiger partial charge in [-0.25, -0.2) is 0 Å². The number of hydrogen-bond acceptors (Lipinski definition) is 3. The number of nitrogens with zero attached hydrogens (tertiary/aromatic N) is 2. The second-order valence-corrected chi connectivity index (χ2v) is 6.22. The van der Waals surface area contributed by atoms with Gasteiger partial charge in [0, 0.05) is 25.2 Å². The molecule has 2 bridgehead atoms. The first-order valence-electron chi connectivity index (χ1n) is 7.31. The van der Waals surface area contributed by atoms with Crippen LogP contribution in [0.15, 0.2) is 30.3 Å². The summed E-state index contributed by atoms with van der Waals surface area (Å²) in [6.07, 6.45) is 1.10. The van der Waals surface area contributed by atoms with Gasteiger partial charge in [0.1, 0.15) is 6.04 Å². The van der Waals surface area contributed by atoms with Gasteiger partial charge >= 0.3 is 5.97 Å². The molecule has 3 aliphatic rings. The molecule has 1 N–H and O–H groups in total. The summed E-state index contributed by atoms with van der Waals surface area (Å²) in [6, 6.07) is 9.93. The minimum atomic E-state index is -0.737. The molecule has 3 fully saturated rings. The van der Waals surface area contributed by atoms with E-state index in [2.05, 4.69) is 23.8 Å². The van der Waals surface area contributed by atoms with E-state index in [1.165, 1.54) is 0 Å². The summed E-state index contributed by atoms with van der Waals surface area (Å²) in [5.41, 5.74) is 0.892. The number of rotatable bonds is 3. The van der Waals surface area contributed by atoms with Crippen LogP contribution in [0.5, 0.6) is 0 Å². The van der Waals surface area contributed by atoms with E-state index in [-0.39, 0.29) is 0 Å². The molecule has 20 heavy (non-hydrogen) atoms. The fourth-order valence-electron chi connectivity index (χ4n) is 3.92. The van der Waals surface area contributed by atoms with Crippen LogP contribution in [0.25, 0.3) is 0 Å². The summed E-state index contributed by atoms with van der Waals surface area (Å²) >= 11 is 0. The predicted molar refractivity (Wildman–Crippen MR) is 77.5 cm³/mol. The maximum absolute atomic E-state index is 11.8. The van der Waals surface area contributed by atoms with E-state index in [9.17, 15) is 9.90 Å². The van der Waals surface area contributed by atoms with Gasteiger partial charge in [-0.15, -0.1) is 0 Å². The number of piperidine rings is 2. The molecular weight excluding hydrogens is 252 g/mol. The molecule has 4 heteroatoms. The van der Waals surface area contributed by atoms with E-state index >= 15 is 0 Å². The maximum atomic E-state index is 11.8. The van der Waals surface area contributed by atoms with Crippen LogP contribution in [0.2, 0.25) is 0 Å². The summed E-state index contributed by atoms with van der Waals surface area (Å²) in [7, 11) is 2.16. The van der Waals surface area contributed by atoms with Crippen molar-refractivity contribution >= 4 is 5.97 Å². The lowest BCUT2D eigenvalue weighted by molar-refractivity contribution is -0.150. The van der Waals surface area contributed by atoms with Crippen molar-refractivity contribution in [2.75, 3.05) is 20.1 Å². The van der Waals surface area contributed by atoms with E-state index in [0.29, 0.717) is 18.0 Å². The van der Waals surface area contributed by atoms with Gasteiger partial charge in [0.05, 0.1) is 0 Å². The lowest BCUT2D eigenvalue weighted by Crippen LogP contribution is -2.65. The van der Waals surface area contributed by atoms with Crippen LogP contribution in [0.1, 0.15) is 24.9 Å². The van der Waals surface area contributed by atoms with Gasteiger partial charge in [-0.2, -0.15) is 0 Å². The number of fused-ring (bicyclic) bond motifs is 3. The van der Waals surface area contributed by atoms with Crippen LogP contribution in [0, 0.1) is 5.92 Å². The standard InChI is InChI=1S/C16H22N2O2/c1-11-8-13-9-17(2)14(11)10-18(13)15(16(19)20)12-6-4-3-5-7-12/h3-7,11,13-15H,8-10H2,1-2H3,(H,19,20). The van der Waals surface area contributed by atoms with Crippen LogP contribution < -0.4 is 0 Å². The molecule has 0 saturated carbocycles. The molecule has 4 unspecified atom stereocenters. The molecule has 108 valence electrons. The number of aliphatic carboxylic acids is 1. The zero-order chi connectivity index (χ0) is 14.3. The predicted octanol–water partition coefficient (Wildman–Crippen LogP) is 1.84. The second kappa shape index (κ2) is 5.19. The van der Waals surface area contributed by atoms with E-state index in [1.807, 2.05) is 30.3 Å². The summed E-state index contributed by atoms with van der Waals surface area (Å²) in [5, 5.41) is 9.68. The Kier molecular flexibility index (Phi) is 3.52. The van der Waals surface area contributed by atoms with Gasteiger partial charge in [-0.1, -0.05) is 37.3 Å². The summed E-state index contributed by atoms with van der Waals surface area (Å²) < 4.78 is 0. The monoisotopic (exact) mass is 274 g/mol. The van der Waals surface area contributed by atoms with Crippen molar-refractivity contribution in [1.29, 1.82) is 0 Å². The Hall–Kier alpha value is -1.39. The first kappa shape index (κ1) is 13.6. The van der Waals surface area contributed by atoms with Gasteiger partial charge in [0.15, 0.2) is 0 Å². The highest BCUT2D eigenvalue weighted by molar-refractivity contribution is 5.75. The Morgan fingerprint density at radius 2 is 2.00 bits per heavy atom. The number of carboxylic acids is 1. The quantitative estimate of drug-likeness (QED) is 0.913. The van der Waals surface area contributed by atoms with E-state index in [0.717, 1.165) is 25.1 Å².